The van der Waals surface area contributed by atoms with Gasteiger partial charge < -0.3 is 11.1 Å². The summed E-state index contributed by atoms with van der Waals surface area (Å²) < 4.78 is 0. The van der Waals surface area contributed by atoms with Crippen LogP contribution in [-0.2, 0) is 0 Å². The summed E-state index contributed by atoms with van der Waals surface area (Å²) in [7, 11) is 0. The van der Waals surface area contributed by atoms with Crippen molar-refractivity contribution in [1.29, 1.82) is 5.41 Å². The Kier molecular flexibility index (Phi) is 5.52. The molecule has 0 heterocycles. The minimum atomic E-state index is 0.466. The molecule has 0 aliphatic heterocycles. The highest BCUT2D eigenvalue weighted by Crippen LogP contribution is 2.05. The van der Waals surface area contributed by atoms with E-state index in [1.807, 2.05) is 0 Å². The third kappa shape index (κ3) is 4.15. The molecule has 2 nitrogen and oxygen atoms in total. The highest BCUT2D eigenvalue weighted by atomic mass is 14.5. The van der Waals surface area contributed by atoms with Crippen molar-refractivity contribution in [2.24, 2.45) is 11.7 Å². The maximum atomic E-state index is 6.97. The molecular weight excluding hydrogens is 112 g/mol. The average molecular weight is 128 g/mol. The number of nitrogens with two attached hydrogens (primary N) is 1. The van der Waals surface area contributed by atoms with Gasteiger partial charge in [0.15, 0.2) is 0 Å². The smallest absolute Gasteiger partial charge is 0.00168 e. The van der Waals surface area contributed by atoms with Crippen LogP contribution in [0.2, 0.25) is 0 Å². The number of rotatable bonds is 5. The standard InChI is InChI=1S/C7H16N2/c1-2-7(6-9)4-3-5-8/h6-7,9H,2-5,8H2,1H3. The Morgan fingerprint density at radius 2 is 2.33 bits per heavy atom. The minimum absolute atomic E-state index is 0.466. The van der Waals surface area contributed by atoms with Crippen LogP contribution in [0, 0.1) is 11.3 Å². The van der Waals surface area contributed by atoms with E-state index in [-0.39, 0.29) is 0 Å². The quantitative estimate of drug-likeness (QED) is 0.540. The predicted octanol–water partition coefficient (Wildman–Crippen LogP) is 1.40. The number of hydrogen-bond acceptors (Lipinski definition) is 2. The Bertz CT molecular complexity index is 71.3. The average Bonchev–Trinajstić information content (AvgIpc) is 1.91. The van der Waals surface area contributed by atoms with Crippen LogP contribution in [-0.4, -0.2) is 12.8 Å². The summed E-state index contributed by atoms with van der Waals surface area (Å²) in [5, 5.41) is 6.97. The summed E-state index contributed by atoms with van der Waals surface area (Å²) in [4.78, 5) is 0. The SMILES string of the molecule is CCC(C=N)CCCN. The van der Waals surface area contributed by atoms with Crippen LogP contribution in [0.3, 0.4) is 0 Å². The molecular formula is C7H16N2. The zero-order valence-corrected chi connectivity index (χ0v) is 6.06. The fraction of sp³-hybridized carbons (Fsp3) is 0.857. The molecule has 0 saturated carbocycles. The van der Waals surface area contributed by atoms with E-state index in [4.69, 9.17) is 11.1 Å². The Labute approximate surface area is 57.0 Å². The molecule has 1 unspecified atom stereocenters. The van der Waals surface area contributed by atoms with Crippen LogP contribution in [0.5, 0.6) is 0 Å². The second-order valence-corrected chi connectivity index (χ2v) is 2.27. The maximum Gasteiger partial charge on any atom is -0.00168 e. The molecule has 2 heteroatoms. The lowest BCUT2D eigenvalue weighted by Crippen LogP contribution is -2.04. The summed E-state index contributed by atoms with van der Waals surface area (Å²) in [6.07, 6.45) is 4.73. The Morgan fingerprint density at radius 3 is 2.67 bits per heavy atom. The molecule has 3 N–H and O–H groups in total. The van der Waals surface area contributed by atoms with Crippen molar-refractivity contribution in [2.75, 3.05) is 6.54 Å². The van der Waals surface area contributed by atoms with E-state index in [1.54, 1.807) is 0 Å². The van der Waals surface area contributed by atoms with Gasteiger partial charge in [-0.2, -0.15) is 0 Å². The lowest BCUT2D eigenvalue weighted by atomic mass is 10.0. The second kappa shape index (κ2) is 5.76. The molecule has 54 valence electrons. The summed E-state index contributed by atoms with van der Waals surface area (Å²) in [6, 6.07) is 0. The molecule has 9 heavy (non-hydrogen) atoms. The molecule has 0 aromatic carbocycles. The molecule has 0 spiro atoms. The molecule has 0 aliphatic carbocycles. The molecule has 0 aromatic rings. The van der Waals surface area contributed by atoms with E-state index in [0.717, 1.165) is 25.8 Å². The van der Waals surface area contributed by atoms with E-state index in [2.05, 4.69) is 6.92 Å². The molecule has 0 bridgehead atoms. The molecule has 0 aliphatic rings. The Morgan fingerprint density at radius 1 is 1.67 bits per heavy atom. The van der Waals surface area contributed by atoms with E-state index < -0.39 is 0 Å². The number of hydrogen-bond donors (Lipinski definition) is 2. The maximum absolute atomic E-state index is 6.97. The first-order valence-corrected chi connectivity index (χ1v) is 3.55. The Balaban J connectivity index is 3.20. The molecule has 0 aromatic heterocycles. The normalized spacial score (nSPS) is 13.1. The van der Waals surface area contributed by atoms with Crippen LogP contribution >= 0.6 is 0 Å². The number of nitrogens with one attached hydrogen (secondary N) is 1. The lowest BCUT2D eigenvalue weighted by Gasteiger charge is -2.05. The van der Waals surface area contributed by atoms with Gasteiger partial charge in [-0.1, -0.05) is 6.92 Å². The van der Waals surface area contributed by atoms with E-state index in [0.29, 0.717) is 5.92 Å². The van der Waals surface area contributed by atoms with Crippen LogP contribution < -0.4 is 5.73 Å². The minimum Gasteiger partial charge on any atom is -0.330 e. The highest BCUT2D eigenvalue weighted by molar-refractivity contribution is 5.56. The van der Waals surface area contributed by atoms with Crippen LogP contribution in [0.4, 0.5) is 0 Å². The molecule has 0 amide bonds. The first-order valence-electron chi connectivity index (χ1n) is 3.55. The van der Waals surface area contributed by atoms with Crippen molar-refractivity contribution in [3.8, 4) is 0 Å². The van der Waals surface area contributed by atoms with Gasteiger partial charge in [-0.25, -0.2) is 0 Å². The summed E-state index contributed by atoms with van der Waals surface area (Å²) in [5.41, 5.74) is 5.31. The van der Waals surface area contributed by atoms with Gasteiger partial charge in [-0.3, -0.25) is 0 Å². The summed E-state index contributed by atoms with van der Waals surface area (Å²) in [5.74, 6) is 0.466. The van der Waals surface area contributed by atoms with Gasteiger partial charge in [0.25, 0.3) is 0 Å². The molecule has 0 saturated heterocycles. The molecule has 1 atom stereocenters. The van der Waals surface area contributed by atoms with Gasteiger partial charge in [0.2, 0.25) is 0 Å². The van der Waals surface area contributed by atoms with Gasteiger partial charge in [-0.15, -0.1) is 0 Å². The lowest BCUT2D eigenvalue weighted by molar-refractivity contribution is 0.587. The largest absolute Gasteiger partial charge is 0.330 e. The van der Waals surface area contributed by atoms with Crippen molar-refractivity contribution >= 4 is 6.21 Å². The second-order valence-electron chi connectivity index (χ2n) is 2.27. The van der Waals surface area contributed by atoms with E-state index in [1.165, 1.54) is 6.21 Å². The zero-order chi connectivity index (χ0) is 7.11. The van der Waals surface area contributed by atoms with Gasteiger partial charge in [0.05, 0.1) is 0 Å². The topological polar surface area (TPSA) is 49.9 Å². The van der Waals surface area contributed by atoms with Crippen LogP contribution in [0.15, 0.2) is 0 Å². The predicted molar refractivity (Wildman–Crippen MR) is 40.9 cm³/mol. The van der Waals surface area contributed by atoms with Crippen molar-refractivity contribution in [3.63, 3.8) is 0 Å². The first kappa shape index (κ1) is 8.63. The van der Waals surface area contributed by atoms with Crippen molar-refractivity contribution in [1.82, 2.24) is 0 Å². The molecule has 0 radical (unpaired) electrons. The van der Waals surface area contributed by atoms with Crippen molar-refractivity contribution < 1.29 is 0 Å². The fourth-order valence-electron chi connectivity index (χ4n) is 0.785. The monoisotopic (exact) mass is 128 g/mol. The zero-order valence-electron chi connectivity index (χ0n) is 6.06. The van der Waals surface area contributed by atoms with Gasteiger partial charge in [0, 0.05) is 0 Å². The van der Waals surface area contributed by atoms with Gasteiger partial charge >= 0.3 is 0 Å². The van der Waals surface area contributed by atoms with E-state index >= 15 is 0 Å². The Hall–Kier alpha value is -0.370. The van der Waals surface area contributed by atoms with Crippen molar-refractivity contribution in [2.45, 2.75) is 26.2 Å². The fourth-order valence-corrected chi connectivity index (χ4v) is 0.785. The van der Waals surface area contributed by atoms with Gasteiger partial charge in [0.1, 0.15) is 0 Å². The van der Waals surface area contributed by atoms with Gasteiger partial charge in [-0.05, 0) is 37.9 Å². The molecule has 0 rings (SSSR count). The molecule has 0 fully saturated rings. The van der Waals surface area contributed by atoms with Crippen molar-refractivity contribution in [3.05, 3.63) is 0 Å². The first-order chi connectivity index (χ1) is 4.35. The van der Waals surface area contributed by atoms with E-state index in [9.17, 15) is 0 Å². The summed E-state index contributed by atoms with van der Waals surface area (Å²) in [6.45, 7) is 2.86. The third-order valence-corrected chi connectivity index (χ3v) is 1.54. The summed E-state index contributed by atoms with van der Waals surface area (Å²) >= 11 is 0. The van der Waals surface area contributed by atoms with Crippen LogP contribution in [0.1, 0.15) is 26.2 Å². The highest BCUT2D eigenvalue weighted by Gasteiger charge is 1.98. The van der Waals surface area contributed by atoms with Crippen LogP contribution in [0.25, 0.3) is 0 Å². The third-order valence-electron chi connectivity index (χ3n) is 1.54.